The van der Waals surface area contributed by atoms with Crippen molar-refractivity contribution in [1.82, 2.24) is 30.9 Å². The van der Waals surface area contributed by atoms with Gasteiger partial charge in [0, 0.05) is 48.4 Å². The van der Waals surface area contributed by atoms with Crippen molar-refractivity contribution in [2.24, 2.45) is 0 Å². The second-order valence-corrected chi connectivity index (χ2v) is 7.58. The molecule has 188 valence electrons. The van der Waals surface area contributed by atoms with Crippen LogP contribution in [0.5, 0.6) is 0 Å². The molecule has 1 aliphatic rings. The number of nitrogens with zero attached hydrogens (tertiary/aromatic N) is 1. The van der Waals surface area contributed by atoms with Crippen LogP contribution in [-0.4, -0.2) is 65.4 Å². The van der Waals surface area contributed by atoms with Gasteiger partial charge in [-0.2, -0.15) is 0 Å². The minimum absolute atomic E-state index is 0.204. The molecule has 0 aliphatic carbocycles. The maximum atomic E-state index is 11.7. The largest absolute Gasteiger partial charge is 0.468 e. The molecule has 0 radical (unpaired) electrons. The highest BCUT2D eigenvalue weighted by atomic mass is 16.5. The number of carbonyl (C=O) groups is 4. The third-order valence-electron chi connectivity index (χ3n) is 5.16. The molecule has 4 rings (SSSR count). The number of hydrogen-bond acceptors (Lipinski definition) is 6. The van der Waals surface area contributed by atoms with Gasteiger partial charge in [-0.3, -0.25) is 19.2 Å². The zero-order valence-corrected chi connectivity index (χ0v) is 19.9. The first kappa shape index (κ1) is 27.1. The molecule has 3 aromatic rings. The predicted octanol–water partition coefficient (Wildman–Crippen LogP) is 0.983. The van der Waals surface area contributed by atoms with Gasteiger partial charge in [-0.1, -0.05) is 25.1 Å². The quantitative estimate of drug-likeness (QED) is 0.237. The Morgan fingerprint density at radius 1 is 1.26 bits per heavy atom. The number of carbonyl (C=O) groups excluding carboxylic acids is 4. The van der Waals surface area contributed by atoms with E-state index in [9.17, 15) is 19.2 Å². The predicted molar refractivity (Wildman–Crippen MR) is 130 cm³/mol. The van der Waals surface area contributed by atoms with Crippen molar-refractivity contribution < 1.29 is 23.9 Å². The molecule has 0 bridgehead atoms. The Kier molecular flexibility index (Phi) is 11.5. The molecule has 1 fully saturated rings. The van der Waals surface area contributed by atoms with Crippen molar-refractivity contribution in [3.8, 4) is 0 Å². The van der Waals surface area contributed by atoms with Crippen LogP contribution in [0.25, 0.3) is 10.9 Å². The monoisotopic (exact) mass is 484 g/mol. The third kappa shape index (κ3) is 9.32. The Morgan fingerprint density at radius 3 is 2.63 bits per heavy atom. The topological polar surface area (TPSA) is 158 Å². The van der Waals surface area contributed by atoms with Crippen LogP contribution in [0.1, 0.15) is 31.0 Å². The number of benzene rings is 1. The molecule has 3 amide bonds. The number of methoxy groups -OCH3 is 1. The highest BCUT2D eigenvalue weighted by molar-refractivity contribution is 5.87. The zero-order valence-electron chi connectivity index (χ0n) is 19.9. The van der Waals surface area contributed by atoms with Crippen LogP contribution in [0.15, 0.2) is 43.0 Å². The number of H-pyrrole nitrogens is 2. The molecule has 1 aromatic carbocycles. The SMILES string of the molecule is CCc1c[nH]c2ccccc12.COC(=O)CNC(=O)C(Cc1cnc[nH]1)NC=O.O=C1CCCN1. The Balaban J connectivity index is 0.000000212. The Bertz CT molecular complexity index is 1070. The normalized spacial score (nSPS) is 12.8. The molecule has 0 spiro atoms. The molecule has 11 nitrogen and oxygen atoms in total. The number of aromatic nitrogens is 3. The minimum atomic E-state index is -0.771. The van der Waals surface area contributed by atoms with Crippen molar-refractivity contribution >= 4 is 35.1 Å². The lowest BCUT2D eigenvalue weighted by molar-refractivity contribution is -0.141. The fraction of sp³-hybridized carbons (Fsp3) is 0.375. The van der Waals surface area contributed by atoms with Crippen LogP contribution in [-0.2, 0) is 36.8 Å². The number of fused-ring (bicyclic) bond motifs is 1. The first-order valence-electron chi connectivity index (χ1n) is 11.3. The molecule has 2 aromatic heterocycles. The highest BCUT2D eigenvalue weighted by Crippen LogP contribution is 2.17. The maximum absolute atomic E-state index is 11.7. The summed E-state index contributed by atoms with van der Waals surface area (Å²) in [7, 11) is 1.22. The molecule has 1 atom stereocenters. The van der Waals surface area contributed by atoms with E-state index in [0.29, 0.717) is 12.1 Å². The van der Waals surface area contributed by atoms with E-state index >= 15 is 0 Å². The number of imidazole rings is 1. The van der Waals surface area contributed by atoms with Crippen molar-refractivity contribution in [3.05, 3.63) is 54.2 Å². The number of rotatable bonds is 8. The number of esters is 1. The van der Waals surface area contributed by atoms with Gasteiger partial charge in [-0.15, -0.1) is 0 Å². The molecule has 0 saturated carbocycles. The molecular formula is C24H32N6O5. The summed E-state index contributed by atoms with van der Waals surface area (Å²) in [4.78, 5) is 53.0. The van der Waals surface area contributed by atoms with Crippen molar-refractivity contribution in [1.29, 1.82) is 0 Å². The summed E-state index contributed by atoms with van der Waals surface area (Å²) in [6.07, 6.45) is 8.66. The molecule has 11 heteroatoms. The van der Waals surface area contributed by atoms with E-state index in [4.69, 9.17) is 0 Å². The molecule has 1 aliphatic heterocycles. The van der Waals surface area contributed by atoms with Gasteiger partial charge in [0.25, 0.3) is 0 Å². The lowest BCUT2D eigenvalue weighted by Gasteiger charge is -2.14. The number of amides is 3. The summed E-state index contributed by atoms with van der Waals surface area (Å²) >= 11 is 0. The summed E-state index contributed by atoms with van der Waals surface area (Å²) in [5, 5.41) is 8.77. The maximum Gasteiger partial charge on any atom is 0.325 e. The average Bonchev–Trinajstić information content (AvgIpc) is 3.65. The number of nitrogens with one attached hydrogen (secondary N) is 5. The fourth-order valence-electron chi connectivity index (χ4n) is 3.27. The molecule has 3 heterocycles. The van der Waals surface area contributed by atoms with Gasteiger partial charge < -0.3 is 30.7 Å². The second-order valence-electron chi connectivity index (χ2n) is 7.58. The Labute approximate surface area is 203 Å². The number of aryl methyl sites for hydroxylation is 1. The zero-order chi connectivity index (χ0) is 25.5. The standard InChI is InChI=1S/C10H14N4O4.C10H11N.C4H7NO/c1-18-9(16)4-12-10(17)8(14-6-15)2-7-3-11-5-13-7;1-2-8-7-11-10-6-4-3-5-9(8)10;6-4-2-1-3-5-4/h3,5-6,8H,2,4H2,1H3,(H,11,13)(H,12,17)(H,14,15);3-7,11H,2H2,1H3;1-3H2,(H,5,6). The molecular weight excluding hydrogens is 452 g/mol. The van der Waals surface area contributed by atoms with Crippen molar-refractivity contribution in [3.63, 3.8) is 0 Å². The third-order valence-corrected chi connectivity index (χ3v) is 5.16. The van der Waals surface area contributed by atoms with E-state index in [0.717, 1.165) is 25.8 Å². The summed E-state index contributed by atoms with van der Waals surface area (Å²) in [6.45, 7) is 2.82. The van der Waals surface area contributed by atoms with E-state index in [1.807, 2.05) is 0 Å². The Morgan fingerprint density at radius 2 is 2.06 bits per heavy atom. The summed E-state index contributed by atoms with van der Waals surface area (Å²) < 4.78 is 4.39. The first-order chi connectivity index (χ1) is 17.0. The van der Waals surface area contributed by atoms with Gasteiger partial charge in [0.05, 0.1) is 13.4 Å². The van der Waals surface area contributed by atoms with E-state index < -0.39 is 17.9 Å². The highest BCUT2D eigenvalue weighted by Gasteiger charge is 2.19. The molecule has 1 unspecified atom stereocenters. The van der Waals surface area contributed by atoms with Crippen LogP contribution in [0, 0.1) is 0 Å². The smallest absolute Gasteiger partial charge is 0.325 e. The number of aromatic amines is 2. The van der Waals surface area contributed by atoms with Crippen molar-refractivity contribution in [2.75, 3.05) is 20.2 Å². The van der Waals surface area contributed by atoms with Crippen LogP contribution in [0.4, 0.5) is 0 Å². The van der Waals surface area contributed by atoms with E-state index in [-0.39, 0.29) is 18.9 Å². The van der Waals surface area contributed by atoms with Crippen LogP contribution in [0.2, 0.25) is 0 Å². The first-order valence-corrected chi connectivity index (χ1v) is 11.3. The summed E-state index contributed by atoms with van der Waals surface area (Å²) in [6, 6.07) is 7.62. The van der Waals surface area contributed by atoms with Gasteiger partial charge >= 0.3 is 5.97 Å². The average molecular weight is 485 g/mol. The fourth-order valence-corrected chi connectivity index (χ4v) is 3.27. The van der Waals surface area contributed by atoms with Gasteiger partial charge in [0.2, 0.25) is 18.2 Å². The number of ether oxygens (including phenoxy) is 1. The lowest BCUT2D eigenvalue weighted by atomic mass is 10.1. The van der Waals surface area contributed by atoms with E-state index in [1.54, 1.807) is 6.20 Å². The van der Waals surface area contributed by atoms with Gasteiger partial charge in [-0.25, -0.2) is 4.98 Å². The lowest BCUT2D eigenvalue weighted by Crippen LogP contribution is -2.46. The summed E-state index contributed by atoms with van der Waals surface area (Å²) in [5.74, 6) is -0.827. The van der Waals surface area contributed by atoms with E-state index in [2.05, 4.69) is 73.0 Å². The van der Waals surface area contributed by atoms with Crippen molar-refractivity contribution in [2.45, 2.75) is 38.6 Å². The molecule has 5 N–H and O–H groups in total. The molecule has 35 heavy (non-hydrogen) atoms. The van der Waals surface area contributed by atoms with Gasteiger partial charge in [0.1, 0.15) is 12.6 Å². The molecule has 1 saturated heterocycles. The minimum Gasteiger partial charge on any atom is -0.468 e. The Hall–Kier alpha value is -4.15. The van der Waals surface area contributed by atoms with Gasteiger partial charge in [-0.05, 0) is 24.5 Å². The summed E-state index contributed by atoms with van der Waals surface area (Å²) in [5.41, 5.74) is 3.34. The number of hydrogen-bond donors (Lipinski definition) is 5. The van der Waals surface area contributed by atoms with Gasteiger partial charge in [0.15, 0.2) is 0 Å². The second kappa shape index (κ2) is 14.9. The van der Waals surface area contributed by atoms with Crippen LogP contribution in [0.3, 0.4) is 0 Å². The van der Waals surface area contributed by atoms with Crippen LogP contribution >= 0.6 is 0 Å². The van der Waals surface area contributed by atoms with Crippen LogP contribution < -0.4 is 16.0 Å². The van der Waals surface area contributed by atoms with E-state index in [1.165, 1.54) is 29.9 Å². The number of para-hydroxylation sites is 1.